The molecule has 0 saturated carbocycles. The van der Waals surface area contributed by atoms with Crippen molar-refractivity contribution in [2.45, 2.75) is 45.2 Å². The van der Waals surface area contributed by atoms with Crippen molar-refractivity contribution < 1.29 is 14.0 Å². The second-order valence-electron chi connectivity index (χ2n) is 6.83. The molecule has 144 valence electrons. The van der Waals surface area contributed by atoms with E-state index in [4.69, 9.17) is 0 Å². The van der Waals surface area contributed by atoms with Crippen LogP contribution in [0, 0.1) is 5.82 Å². The Morgan fingerprint density at radius 1 is 1.30 bits per heavy atom. The number of hydrogen-bond acceptors (Lipinski definition) is 3. The van der Waals surface area contributed by atoms with Crippen molar-refractivity contribution in [3.8, 4) is 0 Å². The van der Waals surface area contributed by atoms with Gasteiger partial charge in [0.1, 0.15) is 11.6 Å². The Kier molecular flexibility index (Phi) is 6.21. The largest absolute Gasteiger partial charge is 0.351 e. The average Bonchev–Trinajstić information content (AvgIpc) is 3.25. The van der Waals surface area contributed by atoms with Gasteiger partial charge in [0.05, 0.1) is 6.04 Å². The Bertz CT molecular complexity index is 788. The minimum Gasteiger partial charge on any atom is -0.351 e. The lowest BCUT2D eigenvalue weighted by molar-refractivity contribution is -0.127. The topological polar surface area (TPSA) is 67.2 Å². The molecule has 0 unspecified atom stereocenters. The van der Waals surface area contributed by atoms with Gasteiger partial charge in [0, 0.05) is 51.3 Å². The number of halogens is 1. The number of aromatic nitrogens is 2. The maximum Gasteiger partial charge on any atom is 0.224 e. The summed E-state index contributed by atoms with van der Waals surface area (Å²) in [6, 6.07) is 6.17. The van der Waals surface area contributed by atoms with Crippen molar-refractivity contribution in [1.82, 2.24) is 19.8 Å². The molecule has 27 heavy (non-hydrogen) atoms. The van der Waals surface area contributed by atoms with Crippen LogP contribution < -0.4 is 5.32 Å². The highest BCUT2D eigenvalue weighted by molar-refractivity contribution is 5.82. The fraction of sp³-hybridized carbons (Fsp3) is 0.450. The number of hydrogen-bond donors (Lipinski definition) is 1. The van der Waals surface area contributed by atoms with Crippen LogP contribution in [0.2, 0.25) is 0 Å². The van der Waals surface area contributed by atoms with Crippen molar-refractivity contribution in [2.75, 3.05) is 13.1 Å². The molecule has 3 rings (SSSR count). The van der Waals surface area contributed by atoms with Crippen molar-refractivity contribution in [3.63, 3.8) is 0 Å². The molecule has 1 aliphatic heterocycles. The second-order valence-corrected chi connectivity index (χ2v) is 6.83. The first-order chi connectivity index (χ1) is 13.0. The molecule has 0 bridgehead atoms. The summed E-state index contributed by atoms with van der Waals surface area (Å²) in [5, 5.41) is 2.96. The third-order valence-electron chi connectivity index (χ3n) is 4.86. The summed E-state index contributed by atoms with van der Waals surface area (Å²) < 4.78 is 14.9. The van der Waals surface area contributed by atoms with Crippen LogP contribution in [0.15, 0.2) is 36.7 Å². The fourth-order valence-corrected chi connectivity index (χ4v) is 3.38. The molecule has 1 aromatic heterocycles. The number of carbonyl (C=O) groups is 2. The molecule has 0 spiro atoms. The molecule has 7 heteroatoms. The summed E-state index contributed by atoms with van der Waals surface area (Å²) in [5.74, 6) is 0.695. The maximum atomic E-state index is 12.9. The molecule has 1 fully saturated rings. The molecule has 1 N–H and O–H groups in total. The molecule has 1 aliphatic rings. The van der Waals surface area contributed by atoms with Crippen LogP contribution in [0.4, 0.5) is 4.39 Å². The highest BCUT2D eigenvalue weighted by atomic mass is 19.1. The Balaban J connectivity index is 1.43. The minimum absolute atomic E-state index is 0.0466. The lowest BCUT2D eigenvalue weighted by Gasteiger charge is -2.17. The van der Waals surface area contributed by atoms with E-state index in [-0.39, 0.29) is 23.7 Å². The van der Waals surface area contributed by atoms with Crippen molar-refractivity contribution in [2.24, 2.45) is 0 Å². The molecule has 2 aromatic rings. The number of carbonyl (C=O) groups excluding carboxylic acids is 2. The van der Waals surface area contributed by atoms with E-state index in [9.17, 15) is 14.0 Å². The molecular weight excluding hydrogens is 347 g/mol. The zero-order valence-corrected chi connectivity index (χ0v) is 15.5. The van der Waals surface area contributed by atoms with E-state index in [1.807, 2.05) is 17.7 Å². The van der Waals surface area contributed by atoms with Crippen LogP contribution in [0.1, 0.15) is 31.2 Å². The number of imidazole rings is 1. The predicted octanol–water partition coefficient (Wildman–Crippen LogP) is 1.93. The van der Waals surface area contributed by atoms with Gasteiger partial charge in [-0.1, -0.05) is 19.1 Å². The van der Waals surface area contributed by atoms with E-state index in [0.717, 1.165) is 17.8 Å². The van der Waals surface area contributed by atoms with E-state index in [1.165, 1.54) is 12.1 Å². The molecule has 6 nitrogen and oxygen atoms in total. The maximum absolute atomic E-state index is 12.9. The van der Waals surface area contributed by atoms with Gasteiger partial charge in [-0.15, -0.1) is 0 Å². The van der Waals surface area contributed by atoms with Crippen molar-refractivity contribution >= 4 is 11.8 Å². The monoisotopic (exact) mass is 372 g/mol. The van der Waals surface area contributed by atoms with Crippen LogP contribution in [0.25, 0.3) is 0 Å². The third-order valence-corrected chi connectivity index (χ3v) is 4.86. The van der Waals surface area contributed by atoms with E-state index >= 15 is 0 Å². The minimum atomic E-state index is -0.263. The highest BCUT2D eigenvalue weighted by Crippen LogP contribution is 2.13. The van der Waals surface area contributed by atoms with E-state index in [1.54, 1.807) is 23.2 Å². The summed E-state index contributed by atoms with van der Waals surface area (Å²) in [5.41, 5.74) is 0.990. The molecule has 2 heterocycles. The smallest absolute Gasteiger partial charge is 0.224 e. The van der Waals surface area contributed by atoms with E-state index in [0.29, 0.717) is 38.9 Å². The third kappa shape index (κ3) is 5.15. The van der Waals surface area contributed by atoms with Gasteiger partial charge < -0.3 is 14.8 Å². The Morgan fingerprint density at radius 3 is 2.81 bits per heavy atom. The Morgan fingerprint density at radius 2 is 2.07 bits per heavy atom. The van der Waals surface area contributed by atoms with E-state index < -0.39 is 0 Å². The molecule has 0 radical (unpaired) electrons. The van der Waals surface area contributed by atoms with Gasteiger partial charge in [-0.2, -0.15) is 0 Å². The quantitative estimate of drug-likeness (QED) is 0.770. The highest BCUT2D eigenvalue weighted by Gasteiger charge is 2.30. The van der Waals surface area contributed by atoms with Crippen LogP contribution in [-0.4, -0.2) is 45.4 Å². The zero-order chi connectivity index (χ0) is 19.2. The van der Waals surface area contributed by atoms with Gasteiger partial charge >= 0.3 is 0 Å². The van der Waals surface area contributed by atoms with Gasteiger partial charge in [-0.25, -0.2) is 9.37 Å². The number of rotatable bonds is 8. The number of aryl methyl sites for hydroxylation is 2. The number of amides is 2. The van der Waals surface area contributed by atoms with Crippen LogP contribution in [-0.2, 0) is 29.0 Å². The van der Waals surface area contributed by atoms with Crippen LogP contribution >= 0.6 is 0 Å². The molecule has 2 amide bonds. The lowest BCUT2D eigenvalue weighted by Crippen LogP contribution is -2.37. The van der Waals surface area contributed by atoms with Gasteiger partial charge in [0.25, 0.3) is 0 Å². The number of nitrogens with one attached hydrogen (secondary N) is 1. The average molecular weight is 372 g/mol. The van der Waals surface area contributed by atoms with Gasteiger partial charge in [0.15, 0.2) is 0 Å². The summed E-state index contributed by atoms with van der Waals surface area (Å²) in [4.78, 5) is 30.4. The molecule has 0 aliphatic carbocycles. The van der Waals surface area contributed by atoms with Gasteiger partial charge in [0.2, 0.25) is 11.8 Å². The Hall–Kier alpha value is -2.70. The summed E-state index contributed by atoms with van der Waals surface area (Å²) in [6.07, 6.45) is 5.82. The predicted molar refractivity (Wildman–Crippen MR) is 99.5 cm³/mol. The van der Waals surface area contributed by atoms with Crippen LogP contribution in [0.5, 0.6) is 0 Å². The number of likely N-dealkylation sites (tertiary alicyclic amines) is 1. The summed E-state index contributed by atoms with van der Waals surface area (Å²) >= 11 is 0. The number of benzene rings is 1. The second kappa shape index (κ2) is 8.79. The Labute approximate surface area is 158 Å². The molecule has 1 saturated heterocycles. The van der Waals surface area contributed by atoms with Crippen molar-refractivity contribution in [1.29, 1.82) is 0 Å². The SMILES string of the molecule is CCc1nccn1CCC(=O)N[C@@H]1CC(=O)N(CCc2ccc(F)cc2)C1. The normalized spacial score (nSPS) is 16.7. The fourth-order valence-electron chi connectivity index (χ4n) is 3.38. The van der Waals surface area contributed by atoms with Crippen molar-refractivity contribution in [3.05, 3.63) is 53.9 Å². The summed E-state index contributed by atoms with van der Waals surface area (Å²) in [7, 11) is 0. The molecule has 1 atom stereocenters. The first-order valence-corrected chi connectivity index (χ1v) is 9.36. The molecular formula is C20H25FN4O2. The number of nitrogens with zero attached hydrogens (tertiary/aromatic N) is 3. The first-order valence-electron chi connectivity index (χ1n) is 9.36. The molecule has 1 aromatic carbocycles. The van der Waals surface area contributed by atoms with Gasteiger partial charge in [-0.05, 0) is 24.1 Å². The zero-order valence-electron chi connectivity index (χ0n) is 15.5. The van der Waals surface area contributed by atoms with Gasteiger partial charge in [-0.3, -0.25) is 9.59 Å². The van der Waals surface area contributed by atoms with E-state index in [2.05, 4.69) is 10.3 Å². The van der Waals surface area contributed by atoms with Crippen LogP contribution in [0.3, 0.4) is 0 Å². The lowest BCUT2D eigenvalue weighted by atomic mass is 10.1. The first kappa shape index (κ1) is 19.1. The standard InChI is InChI=1S/C20H25FN4O2/c1-2-18-22-9-12-24(18)11-8-19(26)23-17-13-20(27)25(14-17)10-7-15-3-5-16(21)6-4-15/h3-6,9,12,17H,2,7-8,10-11,13-14H2,1H3,(H,23,26)/t17-/m1/s1. The summed E-state index contributed by atoms with van der Waals surface area (Å²) in [6.45, 7) is 3.72.